The molecule has 1 atom stereocenters. The van der Waals surface area contributed by atoms with Gasteiger partial charge >= 0.3 is 0 Å². The molecule has 0 unspecified atom stereocenters. The largest absolute Gasteiger partial charge is 0.496 e. The highest BCUT2D eigenvalue weighted by Crippen LogP contribution is 2.36. The Morgan fingerprint density at radius 3 is 2.45 bits per heavy atom. The van der Waals surface area contributed by atoms with E-state index in [1.165, 1.54) is 23.1 Å². The molecule has 0 saturated heterocycles. The van der Waals surface area contributed by atoms with Crippen LogP contribution in [0.2, 0.25) is 0 Å². The smallest absolute Gasteiger partial charge is 0.269 e. The van der Waals surface area contributed by atoms with Gasteiger partial charge in [-0.2, -0.15) is 0 Å². The van der Waals surface area contributed by atoms with Crippen LogP contribution >= 0.6 is 0 Å². The van der Waals surface area contributed by atoms with Gasteiger partial charge < -0.3 is 24.5 Å². The van der Waals surface area contributed by atoms with Crippen molar-refractivity contribution in [1.29, 1.82) is 0 Å². The van der Waals surface area contributed by atoms with Crippen molar-refractivity contribution in [3.8, 4) is 17.2 Å². The molecule has 6 rings (SSSR count). The number of nitrogens with one attached hydrogen (secondary N) is 2. The number of aromatic nitrogens is 1. The number of H-pyrrole nitrogens is 1. The normalized spacial score (nSPS) is 14.5. The molecule has 1 aliphatic rings. The lowest BCUT2D eigenvalue weighted by Gasteiger charge is -2.25. The molecular formula is C32H29N3O5. The number of rotatable bonds is 9. The van der Waals surface area contributed by atoms with Crippen LogP contribution in [0.25, 0.3) is 10.9 Å². The van der Waals surface area contributed by atoms with E-state index in [9.17, 15) is 10.1 Å². The lowest BCUT2D eigenvalue weighted by Crippen LogP contribution is -2.30. The second-order valence-corrected chi connectivity index (χ2v) is 9.75. The Labute approximate surface area is 231 Å². The number of nitro groups is 1. The molecule has 0 amide bonds. The molecule has 0 saturated carbocycles. The molecular weight excluding hydrogens is 506 g/mol. The molecule has 4 aromatic carbocycles. The number of ether oxygens (including phenoxy) is 3. The summed E-state index contributed by atoms with van der Waals surface area (Å²) in [5.41, 5.74) is 6.67. The van der Waals surface area contributed by atoms with Crippen LogP contribution in [-0.2, 0) is 19.6 Å². The summed E-state index contributed by atoms with van der Waals surface area (Å²) in [7, 11) is 1.64. The van der Waals surface area contributed by atoms with Gasteiger partial charge in [0.15, 0.2) is 0 Å². The fourth-order valence-corrected chi connectivity index (χ4v) is 5.24. The van der Waals surface area contributed by atoms with Crippen LogP contribution in [0.5, 0.6) is 17.2 Å². The summed E-state index contributed by atoms with van der Waals surface area (Å²) in [5.74, 6) is 2.12. The zero-order valence-corrected chi connectivity index (χ0v) is 22.1. The molecule has 2 N–H and O–H groups in total. The predicted octanol–water partition coefficient (Wildman–Crippen LogP) is 6.48. The van der Waals surface area contributed by atoms with Gasteiger partial charge in [-0.3, -0.25) is 10.1 Å². The number of non-ortho nitro benzene ring substituents is 1. The molecule has 5 aromatic rings. The van der Waals surface area contributed by atoms with E-state index in [4.69, 9.17) is 14.2 Å². The van der Waals surface area contributed by atoms with Crippen molar-refractivity contribution >= 4 is 16.6 Å². The van der Waals surface area contributed by atoms with Crippen molar-refractivity contribution in [2.24, 2.45) is 0 Å². The molecule has 2 heterocycles. The lowest BCUT2D eigenvalue weighted by molar-refractivity contribution is -0.384. The topological polar surface area (TPSA) is 98.7 Å². The number of aromatic amines is 1. The number of hydrogen-bond acceptors (Lipinski definition) is 6. The zero-order valence-electron chi connectivity index (χ0n) is 22.1. The number of hydrogen-bond donors (Lipinski definition) is 2. The highest BCUT2D eigenvalue weighted by Gasteiger charge is 2.26. The maximum absolute atomic E-state index is 10.9. The van der Waals surface area contributed by atoms with E-state index in [0.29, 0.717) is 12.4 Å². The maximum atomic E-state index is 10.9. The van der Waals surface area contributed by atoms with Crippen LogP contribution in [-0.4, -0.2) is 23.6 Å². The Bertz CT molecular complexity index is 1650. The van der Waals surface area contributed by atoms with Crippen LogP contribution in [0, 0.1) is 10.1 Å². The number of nitro benzene ring substituents is 1. The van der Waals surface area contributed by atoms with Crippen LogP contribution in [0.3, 0.4) is 0 Å². The molecule has 0 fully saturated rings. The van der Waals surface area contributed by atoms with Gasteiger partial charge in [0.1, 0.15) is 30.5 Å². The minimum atomic E-state index is -0.426. The fraction of sp³-hybridized carbons (Fsp3) is 0.188. The van der Waals surface area contributed by atoms with E-state index >= 15 is 0 Å². The van der Waals surface area contributed by atoms with Crippen molar-refractivity contribution in [3.05, 3.63) is 129 Å². The first kappa shape index (κ1) is 25.5. The van der Waals surface area contributed by atoms with Crippen LogP contribution in [0.4, 0.5) is 5.69 Å². The minimum absolute atomic E-state index is 0.0196. The van der Waals surface area contributed by atoms with E-state index in [-0.39, 0.29) is 18.3 Å². The first-order valence-corrected chi connectivity index (χ1v) is 13.2. The average molecular weight is 536 g/mol. The first-order valence-electron chi connectivity index (χ1n) is 13.2. The summed E-state index contributed by atoms with van der Waals surface area (Å²) in [5, 5.41) is 15.8. The SMILES string of the molecule is COc1ccc([C@@H]2NCCc3c2[nH]c2ccc(OCc4ccccc4)cc32)cc1COc1ccc([N+](=O)[O-])cc1. The van der Waals surface area contributed by atoms with Gasteiger partial charge in [0.25, 0.3) is 5.69 Å². The number of benzene rings is 4. The molecule has 1 aromatic heterocycles. The lowest BCUT2D eigenvalue weighted by atomic mass is 9.93. The molecule has 0 bridgehead atoms. The van der Waals surface area contributed by atoms with Gasteiger partial charge in [-0.05, 0) is 65.6 Å². The van der Waals surface area contributed by atoms with Gasteiger partial charge in [0.2, 0.25) is 0 Å². The van der Waals surface area contributed by atoms with Gasteiger partial charge in [-0.1, -0.05) is 36.4 Å². The molecule has 0 spiro atoms. The van der Waals surface area contributed by atoms with Gasteiger partial charge in [0, 0.05) is 40.8 Å². The third kappa shape index (κ3) is 5.21. The summed E-state index contributed by atoms with van der Waals surface area (Å²) in [6, 6.07) is 28.6. The maximum Gasteiger partial charge on any atom is 0.269 e. The highest BCUT2D eigenvalue weighted by atomic mass is 16.6. The Kier molecular flexibility index (Phi) is 7.08. The van der Waals surface area contributed by atoms with Gasteiger partial charge in [0.05, 0.1) is 18.1 Å². The minimum Gasteiger partial charge on any atom is -0.496 e. The van der Waals surface area contributed by atoms with E-state index in [2.05, 4.69) is 46.7 Å². The number of nitrogens with zero attached hydrogens (tertiary/aromatic N) is 1. The van der Waals surface area contributed by atoms with Gasteiger partial charge in [-0.25, -0.2) is 0 Å². The summed E-state index contributed by atoms with van der Waals surface area (Å²) >= 11 is 0. The average Bonchev–Trinajstić information content (AvgIpc) is 3.38. The molecule has 0 radical (unpaired) electrons. The number of fused-ring (bicyclic) bond motifs is 3. The fourth-order valence-electron chi connectivity index (χ4n) is 5.24. The van der Waals surface area contributed by atoms with E-state index < -0.39 is 4.92 Å². The van der Waals surface area contributed by atoms with E-state index in [1.807, 2.05) is 30.3 Å². The van der Waals surface area contributed by atoms with E-state index in [0.717, 1.165) is 52.4 Å². The summed E-state index contributed by atoms with van der Waals surface area (Å²) in [6.07, 6.45) is 0.917. The van der Waals surface area contributed by atoms with Gasteiger partial charge in [-0.15, -0.1) is 0 Å². The molecule has 8 heteroatoms. The van der Waals surface area contributed by atoms with Crippen molar-refractivity contribution < 1.29 is 19.1 Å². The first-order chi connectivity index (χ1) is 19.6. The third-order valence-electron chi connectivity index (χ3n) is 7.25. The monoisotopic (exact) mass is 535 g/mol. The quantitative estimate of drug-likeness (QED) is 0.166. The van der Waals surface area contributed by atoms with Crippen molar-refractivity contribution in [3.63, 3.8) is 0 Å². The Morgan fingerprint density at radius 1 is 0.900 bits per heavy atom. The standard InChI is InChI=1S/C32H29N3O5/c1-38-30-14-7-22(17-23(30)20-40-25-10-8-24(9-11-25)35(36)37)31-32-27(15-16-33-31)28-18-26(12-13-29(28)34-32)39-19-21-5-3-2-4-6-21/h2-14,17-18,31,33-34H,15-16,19-20H2,1H3/t31-/m0/s1. The number of methoxy groups -OCH3 is 1. The summed E-state index contributed by atoms with van der Waals surface area (Å²) < 4.78 is 17.7. The Morgan fingerprint density at radius 2 is 1.68 bits per heavy atom. The zero-order chi connectivity index (χ0) is 27.5. The molecule has 40 heavy (non-hydrogen) atoms. The second-order valence-electron chi connectivity index (χ2n) is 9.75. The summed E-state index contributed by atoms with van der Waals surface area (Å²) in [4.78, 5) is 14.2. The van der Waals surface area contributed by atoms with Crippen LogP contribution < -0.4 is 19.5 Å². The summed E-state index contributed by atoms with van der Waals surface area (Å²) in [6.45, 7) is 1.64. The third-order valence-corrected chi connectivity index (χ3v) is 7.25. The van der Waals surface area contributed by atoms with E-state index in [1.54, 1.807) is 19.2 Å². The van der Waals surface area contributed by atoms with Crippen molar-refractivity contribution in [2.75, 3.05) is 13.7 Å². The highest BCUT2D eigenvalue weighted by molar-refractivity contribution is 5.86. The molecule has 202 valence electrons. The Balaban J connectivity index is 1.24. The second kappa shape index (κ2) is 11.1. The molecule has 0 aliphatic carbocycles. The Hall–Kier alpha value is -4.82. The molecule has 1 aliphatic heterocycles. The molecule has 8 nitrogen and oxygen atoms in total. The van der Waals surface area contributed by atoms with Crippen LogP contribution in [0.1, 0.15) is 34.0 Å². The van der Waals surface area contributed by atoms with Crippen LogP contribution in [0.15, 0.2) is 91.0 Å². The van der Waals surface area contributed by atoms with Crippen molar-refractivity contribution in [2.45, 2.75) is 25.7 Å². The predicted molar refractivity (Wildman–Crippen MR) is 153 cm³/mol. The van der Waals surface area contributed by atoms with Crippen molar-refractivity contribution in [1.82, 2.24) is 10.3 Å².